The van der Waals surface area contributed by atoms with Crippen molar-refractivity contribution in [3.8, 4) is 0 Å². The second kappa shape index (κ2) is 19.9. The molecule has 0 unspecified atom stereocenters. The summed E-state index contributed by atoms with van der Waals surface area (Å²) in [6.45, 7) is 20.2. The number of esters is 2. The maximum Gasteiger partial charge on any atom is 0.332 e. The first-order valence-corrected chi connectivity index (χ1v) is 16.1. The van der Waals surface area contributed by atoms with E-state index in [9.17, 15) is 9.59 Å². The number of hydrogen-bond donors (Lipinski definition) is 0. The number of rotatable bonds is 10. The van der Waals surface area contributed by atoms with Crippen molar-refractivity contribution >= 4 is 37.9 Å². The summed E-state index contributed by atoms with van der Waals surface area (Å²) >= 11 is 0. The molecule has 0 aliphatic rings. The molecule has 0 aromatic rings. The highest BCUT2D eigenvalue weighted by atomic mass is 28.4. The molecule has 0 amide bonds. The fourth-order valence-electron chi connectivity index (χ4n) is 1.72. The van der Waals surface area contributed by atoms with E-state index in [4.69, 9.17) is 17.7 Å². The molecule has 0 fully saturated rings. The Bertz CT molecular complexity index is 461. The van der Waals surface area contributed by atoms with Gasteiger partial charge in [-0.2, -0.15) is 0 Å². The third kappa shape index (κ3) is 21.7. The summed E-state index contributed by atoms with van der Waals surface area (Å²) in [5.41, 5.74) is 0.739. The van der Waals surface area contributed by atoms with Crippen LogP contribution in [0.25, 0.3) is 0 Å². The third-order valence-electron chi connectivity index (χ3n) is 2.77. The van der Waals surface area contributed by atoms with Crippen molar-refractivity contribution in [3.05, 3.63) is 24.3 Å². The highest BCUT2D eigenvalue weighted by Gasteiger charge is 2.33. The van der Waals surface area contributed by atoms with E-state index in [1.54, 1.807) is 13.8 Å². The van der Waals surface area contributed by atoms with Gasteiger partial charge in [-0.1, -0.05) is 57.7 Å². The minimum Gasteiger partial charge on any atom is -0.463 e. The Morgan fingerprint density at radius 2 is 0.933 bits per heavy atom. The predicted molar refractivity (Wildman–Crippen MR) is 142 cm³/mol. The Balaban J connectivity index is -0.000000176. The molecule has 0 heterocycles. The molecule has 30 heavy (non-hydrogen) atoms. The zero-order valence-electron chi connectivity index (χ0n) is 15.9. The van der Waals surface area contributed by atoms with Gasteiger partial charge in [0.05, 0.1) is 0 Å². The van der Waals surface area contributed by atoms with Crippen molar-refractivity contribution in [3.63, 3.8) is 0 Å². The summed E-state index contributed by atoms with van der Waals surface area (Å²) in [6.07, 6.45) is 0.512. The SMILES string of the molecule is C.C.C.C.C.C.C=C(C)C(=O)OC[Si](C)(C)O[SiH](C)O[Si](C)(C)COC(=O)C(=C)C. The van der Waals surface area contributed by atoms with Crippen molar-refractivity contribution in [2.24, 2.45) is 0 Å². The normalized spacial score (nSPS) is 9.60. The Morgan fingerprint density at radius 3 is 1.13 bits per heavy atom. The lowest BCUT2D eigenvalue weighted by Crippen LogP contribution is -2.49. The van der Waals surface area contributed by atoms with Crippen LogP contribution in [0.5, 0.6) is 0 Å². The number of ether oxygens (including phenoxy) is 2. The molecule has 0 aromatic carbocycles. The van der Waals surface area contributed by atoms with Crippen molar-refractivity contribution in [2.45, 2.75) is 91.1 Å². The Hall–Kier alpha value is -1.01. The Kier molecular flexibility index (Phi) is 31.2. The van der Waals surface area contributed by atoms with Crippen LogP contribution < -0.4 is 0 Å². The van der Waals surface area contributed by atoms with E-state index in [2.05, 4.69) is 13.2 Å². The number of carbonyl (C=O) groups excluding carboxylic acids is 2. The topological polar surface area (TPSA) is 71.1 Å². The molecule has 0 aromatic heterocycles. The molecule has 0 N–H and O–H groups in total. The van der Waals surface area contributed by atoms with Gasteiger partial charge in [-0.15, -0.1) is 0 Å². The van der Waals surface area contributed by atoms with Gasteiger partial charge in [0, 0.05) is 11.1 Å². The highest BCUT2D eigenvalue weighted by molar-refractivity contribution is 6.81. The van der Waals surface area contributed by atoms with Gasteiger partial charge < -0.3 is 17.7 Å². The van der Waals surface area contributed by atoms with E-state index < -0.39 is 37.9 Å². The second-order valence-corrected chi connectivity index (χ2v) is 17.7. The van der Waals surface area contributed by atoms with Crippen LogP contribution in [0.15, 0.2) is 24.3 Å². The maximum atomic E-state index is 11.5. The standard InChI is InChI=1S/C15H30O6Si3.6CH4/c1-12(2)14(16)18-10-23(6,7)20-22(5)21-24(8,9)11-19-15(17)13(3)4;;;;;;/h22H,1,3,10-11H2,2,4-9H3;6*1H4. The van der Waals surface area contributed by atoms with E-state index in [1.807, 2.05) is 32.7 Å². The van der Waals surface area contributed by atoms with Gasteiger partial charge in [0.25, 0.3) is 9.28 Å². The fourth-order valence-corrected chi connectivity index (χ4v) is 11.0. The first-order valence-electron chi connectivity index (χ1n) is 7.77. The van der Waals surface area contributed by atoms with Gasteiger partial charge in [0.1, 0.15) is 12.5 Å². The molecule has 186 valence electrons. The highest BCUT2D eigenvalue weighted by Crippen LogP contribution is 2.14. The number of hydrogen-bond acceptors (Lipinski definition) is 6. The quantitative estimate of drug-likeness (QED) is 0.202. The molecule has 0 saturated carbocycles. The molecule has 6 nitrogen and oxygen atoms in total. The third-order valence-corrected chi connectivity index (χ3v) is 12.2. The van der Waals surface area contributed by atoms with Gasteiger partial charge >= 0.3 is 11.9 Å². The molecule has 9 heteroatoms. The average molecular weight is 487 g/mol. The second-order valence-electron chi connectivity index (χ2n) is 7.04. The van der Waals surface area contributed by atoms with E-state index >= 15 is 0 Å². The zero-order valence-corrected chi connectivity index (χ0v) is 19.0. The van der Waals surface area contributed by atoms with E-state index in [0.29, 0.717) is 11.1 Å². The van der Waals surface area contributed by atoms with Crippen LogP contribution in [-0.4, -0.2) is 50.3 Å². The molecule has 0 saturated heterocycles. The monoisotopic (exact) mass is 486 g/mol. The molecule has 0 radical (unpaired) electrons. The zero-order chi connectivity index (χ0) is 19.1. The van der Waals surface area contributed by atoms with Crippen LogP contribution in [0.4, 0.5) is 0 Å². The maximum absolute atomic E-state index is 11.5. The van der Waals surface area contributed by atoms with E-state index in [1.165, 1.54) is 0 Å². The largest absolute Gasteiger partial charge is 0.463 e. The van der Waals surface area contributed by atoms with Crippen LogP contribution in [0, 0.1) is 0 Å². The minimum atomic E-state index is -2.18. The van der Waals surface area contributed by atoms with Gasteiger partial charge in [-0.25, -0.2) is 9.59 Å². The average Bonchev–Trinajstić information content (AvgIpc) is 2.40. The summed E-state index contributed by atoms with van der Waals surface area (Å²) in [6, 6.07) is 0. The summed E-state index contributed by atoms with van der Waals surface area (Å²) in [7, 11) is -6.30. The summed E-state index contributed by atoms with van der Waals surface area (Å²) in [5.74, 6) is -0.813. The smallest absolute Gasteiger partial charge is 0.332 e. The van der Waals surface area contributed by atoms with E-state index in [0.717, 1.165) is 0 Å². The van der Waals surface area contributed by atoms with Crippen LogP contribution in [-0.2, 0) is 27.3 Å². The summed E-state index contributed by atoms with van der Waals surface area (Å²) in [4.78, 5) is 23.0. The molecule has 0 bridgehead atoms. The van der Waals surface area contributed by atoms with E-state index in [-0.39, 0.29) is 57.0 Å². The first kappa shape index (κ1) is 47.0. The van der Waals surface area contributed by atoms with Gasteiger partial charge in [-0.05, 0) is 46.6 Å². The molecule has 0 spiro atoms. The van der Waals surface area contributed by atoms with Gasteiger partial charge in [0.2, 0.25) is 16.6 Å². The van der Waals surface area contributed by atoms with Crippen molar-refractivity contribution in [1.82, 2.24) is 0 Å². The Morgan fingerprint density at radius 1 is 0.700 bits per heavy atom. The molecule has 0 aliphatic carbocycles. The van der Waals surface area contributed by atoms with Gasteiger partial charge in [-0.3, -0.25) is 0 Å². The first-order chi connectivity index (χ1) is 10.8. The number of carbonyl (C=O) groups is 2. The van der Waals surface area contributed by atoms with Crippen LogP contribution in [0.2, 0.25) is 32.7 Å². The fraction of sp³-hybridized carbons (Fsp3) is 0.714. The summed E-state index contributed by atoms with van der Waals surface area (Å²) in [5, 5.41) is 0. The Labute approximate surface area is 193 Å². The lowest BCUT2D eigenvalue weighted by molar-refractivity contribution is -0.138. The predicted octanol–water partition coefficient (Wildman–Crippen LogP) is 6.41. The van der Waals surface area contributed by atoms with Crippen molar-refractivity contribution in [2.75, 3.05) is 12.5 Å². The van der Waals surface area contributed by atoms with Gasteiger partial charge in [0.15, 0.2) is 0 Å². The molecule has 0 aliphatic heterocycles. The molecule has 0 atom stereocenters. The van der Waals surface area contributed by atoms with Crippen molar-refractivity contribution in [1.29, 1.82) is 0 Å². The van der Waals surface area contributed by atoms with Crippen LogP contribution in [0.1, 0.15) is 58.4 Å². The minimum absolute atomic E-state index is 0. The molecular formula is C21H54O6Si3. The summed E-state index contributed by atoms with van der Waals surface area (Å²) < 4.78 is 22.6. The lowest BCUT2D eigenvalue weighted by Gasteiger charge is -2.31. The van der Waals surface area contributed by atoms with Crippen LogP contribution in [0.3, 0.4) is 0 Å². The van der Waals surface area contributed by atoms with Crippen molar-refractivity contribution < 1.29 is 27.3 Å². The lowest BCUT2D eigenvalue weighted by atomic mass is 10.4. The molecular weight excluding hydrogens is 432 g/mol. The van der Waals surface area contributed by atoms with Crippen LogP contribution >= 0.6 is 0 Å². The molecule has 0 rings (SSSR count).